The monoisotopic (exact) mass is 176 g/mol. The van der Waals surface area contributed by atoms with Gasteiger partial charge >= 0.3 is 0 Å². The molecule has 0 radical (unpaired) electrons. The topological polar surface area (TPSA) is 38.9 Å². The number of aromatic nitrogens is 1. The minimum absolute atomic E-state index is 0.333. The largest absolute Gasteiger partial charge is 0.327 e. The summed E-state index contributed by atoms with van der Waals surface area (Å²) in [5.74, 6) is 1.59. The van der Waals surface area contributed by atoms with Gasteiger partial charge in [-0.15, -0.1) is 0 Å². The van der Waals surface area contributed by atoms with Gasteiger partial charge in [0, 0.05) is 18.4 Å². The second-order valence-electron chi connectivity index (χ2n) is 4.11. The Balaban J connectivity index is 1.91. The first-order chi connectivity index (χ1) is 6.27. The van der Waals surface area contributed by atoms with Gasteiger partial charge in [0.1, 0.15) is 0 Å². The molecule has 0 aromatic carbocycles. The molecule has 0 bridgehead atoms. The van der Waals surface area contributed by atoms with Gasteiger partial charge in [-0.3, -0.25) is 4.98 Å². The average Bonchev–Trinajstić information content (AvgIpc) is 2.84. The minimum atomic E-state index is 0.333. The van der Waals surface area contributed by atoms with Gasteiger partial charge in [0.2, 0.25) is 0 Å². The predicted octanol–water partition coefficient (Wildman–Crippen LogP) is 1.61. The van der Waals surface area contributed by atoms with E-state index in [1.54, 1.807) is 6.20 Å². The molecule has 1 aliphatic carbocycles. The van der Waals surface area contributed by atoms with Crippen LogP contribution in [0.3, 0.4) is 0 Å². The van der Waals surface area contributed by atoms with Crippen molar-refractivity contribution >= 4 is 0 Å². The van der Waals surface area contributed by atoms with Gasteiger partial charge in [0.25, 0.3) is 0 Å². The molecule has 0 spiro atoms. The van der Waals surface area contributed by atoms with E-state index in [0.717, 1.165) is 18.3 Å². The molecule has 3 atom stereocenters. The van der Waals surface area contributed by atoms with Gasteiger partial charge in [0.15, 0.2) is 0 Å². The van der Waals surface area contributed by atoms with Crippen molar-refractivity contribution in [3.8, 4) is 0 Å². The van der Waals surface area contributed by atoms with Gasteiger partial charge in [-0.05, 0) is 36.3 Å². The van der Waals surface area contributed by atoms with Crippen LogP contribution < -0.4 is 5.73 Å². The Hall–Kier alpha value is -0.890. The summed E-state index contributed by atoms with van der Waals surface area (Å²) in [5, 5.41) is 0. The fourth-order valence-electron chi connectivity index (χ4n) is 1.89. The van der Waals surface area contributed by atoms with Crippen molar-refractivity contribution in [3.63, 3.8) is 0 Å². The zero-order valence-electron chi connectivity index (χ0n) is 7.98. The average molecular weight is 176 g/mol. The molecular weight excluding hydrogens is 160 g/mol. The van der Waals surface area contributed by atoms with Crippen LogP contribution in [0.4, 0.5) is 0 Å². The molecule has 2 heteroatoms. The predicted molar refractivity (Wildman–Crippen MR) is 53.2 cm³/mol. The number of pyridine rings is 1. The Kier molecular flexibility index (Phi) is 2.32. The molecule has 1 fully saturated rings. The number of rotatable bonds is 3. The van der Waals surface area contributed by atoms with Crippen LogP contribution in [0.5, 0.6) is 0 Å². The zero-order valence-corrected chi connectivity index (χ0v) is 7.98. The summed E-state index contributed by atoms with van der Waals surface area (Å²) in [6.07, 6.45) is 5.99. The van der Waals surface area contributed by atoms with E-state index in [2.05, 4.69) is 18.0 Å². The van der Waals surface area contributed by atoms with Crippen LogP contribution in [0.15, 0.2) is 24.5 Å². The Bertz CT molecular complexity index is 271. The third-order valence-electron chi connectivity index (χ3n) is 2.92. The second-order valence-corrected chi connectivity index (χ2v) is 4.11. The second kappa shape index (κ2) is 3.46. The maximum absolute atomic E-state index is 6.07. The van der Waals surface area contributed by atoms with Gasteiger partial charge < -0.3 is 5.73 Å². The minimum Gasteiger partial charge on any atom is -0.327 e. The van der Waals surface area contributed by atoms with E-state index in [0.29, 0.717) is 6.04 Å². The summed E-state index contributed by atoms with van der Waals surface area (Å²) < 4.78 is 0. The van der Waals surface area contributed by atoms with Gasteiger partial charge in [-0.1, -0.05) is 13.0 Å². The molecule has 0 aliphatic heterocycles. The van der Waals surface area contributed by atoms with E-state index in [-0.39, 0.29) is 0 Å². The summed E-state index contributed by atoms with van der Waals surface area (Å²) >= 11 is 0. The van der Waals surface area contributed by atoms with Crippen LogP contribution in [-0.4, -0.2) is 11.0 Å². The smallest absolute Gasteiger partial charge is 0.0300 e. The van der Waals surface area contributed by atoms with Crippen molar-refractivity contribution in [3.05, 3.63) is 30.1 Å². The molecule has 1 heterocycles. The highest BCUT2D eigenvalue weighted by molar-refractivity contribution is 5.11. The third-order valence-corrected chi connectivity index (χ3v) is 2.92. The standard InChI is InChI=1S/C11H16N2/c1-8-5-10(8)11(12)6-9-3-2-4-13-7-9/h2-4,7-8,10-11H,5-6,12H2,1H3. The van der Waals surface area contributed by atoms with Crippen molar-refractivity contribution < 1.29 is 0 Å². The van der Waals surface area contributed by atoms with Gasteiger partial charge in [-0.2, -0.15) is 0 Å². The van der Waals surface area contributed by atoms with Crippen LogP contribution >= 0.6 is 0 Å². The lowest BCUT2D eigenvalue weighted by Crippen LogP contribution is -2.25. The Morgan fingerprint density at radius 3 is 3.00 bits per heavy atom. The van der Waals surface area contributed by atoms with Crippen molar-refractivity contribution in [1.82, 2.24) is 4.98 Å². The summed E-state index contributed by atoms with van der Waals surface area (Å²) in [7, 11) is 0. The molecule has 0 saturated heterocycles. The summed E-state index contributed by atoms with van der Waals surface area (Å²) in [6.45, 7) is 2.27. The number of nitrogens with zero attached hydrogens (tertiary/aromatic N) is 1. The van der Waals surface area contributed by atoms with E-state index < -0.39 is 0 Å². The van der Waals surface area contributed by atoms with E-state index in [1.807, 2.05) is 12.3 Å². The normalized spacial score (nSPS) is 28.5. The molecule has 1 aliphatic rings. The molecule has 1 aromatic heterocycles. The van der Waals surface area contributed by atoms with Crippen molar-refractivity contribution in [1.29, 1.82) is 0 Å². The van der Waals surface area contributed by atoms with Gasteiger partial charge in [-0.25, -0.2) is 0 Å². The first-order valence-corrected chi connectivity index (χ1v) is 4.92. The van der Waals surface area contributed by atoms with Crippen molar-refractivity contribution in [2.45, 2.75) is 25.8 Å². The first-order valence-electron chi connectivity index (χ1n) is 4.92. The molecule has 1 aromatic rings. The van der Waals surface area contributed by atoms with E-state index in [4.69, 9.17) is 5.73 Å². The molecule has 3 unspecified atom stereocenters. The lowest BCUT2D eigenvalue weighted by molar-refractivity contribution is 0.559. The molecule has 2 N–H and O–H groups in total. The van der Waals surface area contributed by atoms with Crippen LogP contribution in [0.25, 0.3) is 0 Å². The molecule has 2 rings (SSSR count). The molecule has 2 nitrogen and oxygen atoms in total. The van der Waals surface area contributed by atoms with Crippen molar-refractivity contribution in [2.24, 2.45) is 17.6 Å². The maximum Gasteiger partial charge on any atom is 0.0300 e. The van der Waals surface area contributed by atoms with Crippen LogP contribution in [0, 0.1) is 11.8 Å². The highest BCUT2D eigenvalue weighted by Crippen LogP contribution is 2.40. The van der Waals surface area contributed by atoms with Gasteiger partial charge in [0.05, 0.1) is 0 Å². The fourth-order valence-corrected chi connectivity index (χ4v) is 1.89. The lowest BCUT2D eigenvalue weighted by Gasteiger charge is -2.09. The Labute approximate surface area is 79.2 Å². The molecular formula is C11H16N2. The Morgan fingerprint density at radius 1 is 1.69 bits per heavy atom. The highest BCUT2D eigenvalue weighted by Gasteiger charge is 2.37. The van der Waals surface area contributed by atoms with Crippen LogP contribution in [0.2, 0.25) is 0 Å². The highest BCUT2D eigenvalue weighted by atomic mass is 14.7. The van der Waals surface area contributed by atoms with Crippen molar-refractivity contribution in [2.75, 3.05) is 0 Å². The summed E-state index contributed by atoms with van der Waals surface area (Å²) in [5.41, 5.74) is 7.33. The Morgan fingerprint density at radius 2 is 2.46 bits per heavy atom. The quantitative estimate of drug-likeness (QED) is 0.760. The maximum atomic E-state index is 6.07. The van der Waals surface area contributed by atoms with E-state index >= 15 is 0 Å². The molecule has 70 valence electrons. The number of hydrogen-bond acceptors (Lipinski definition) is 2. The molecule has 13 heavy (non-hydrogen) atoms. The molecule has 1 saturated carbocycles. The fraction of sp³-hybridized carbons (Fsp3) is 0.545. The summed E-state index contributed by atoms with van der Waals surface area (Å²) in [6, 6.07) is 4.40. The zero-order chi connectivity index (χ0) is 9.26. The first kappa shape index (κ1) is 8.70. The van der Waals surface area contributed by atoms with Crippen LogP contribution in [-0.2, 0) is 6.42 Å². The SMILES string of the molecule is CC1CC1C(N)Cc1cccnc1. The van der Waals surface area contributed by atoms with E-state index in [9.17, 15) is 0 Å². The van der Waals surface area contributed by atoms with E-state index in [1.165, 1.54) is 12.0 Å². The lowest BCUT2D eigenvalue weighted by atomic mass is 10.0. The molecule has 0 amide bonds. The number of hydrogen-bond donors (Lipinski definition) is 1. The van der Waals surface area contributed by atoms with Crippen LogP contribution in [0.1, 0.15) is 18.9 Å². The third kappa shape index (κ3) is 2.07. The summed E-state index contributed by atoms with van der Waals surface area (Å²) in [4.78, 5) is 4.08. The number of nitrogens with two attached hydrogens (primary N) is 1.